The van der Waals surface area contributed by atoms with Crippen LogP contribution in [0, 0.1) is 0 Å². The molecule has 6 N–H and O–H groups in total. The molecule has 9 heteroatoms. The lowest BCUT2D eigenvalue weighted by Crippen LogP contribution is -2.16. The molecule has 0 spiro atoms. The van der Waals surface area contributed by atoms with Gasteiger partial charge in [-0.25, -0.2) is 9.68 Å². The molecule has 0 fully saturated rings. The Morgan fingerprint density at radius 3 is 1.45 bits per heavy atom. The van der Waals surface area contributed by atoms with Crippen LogP contribution in [0.4, 0.5) is 0 Å². The molecule has 0 rings (SSSR count). The normalized spacial score (nSPS) is 8.45. The van der Waals surface area contributed by atoms with Crippen molar-refractivity contribution in [2.45, 2.75) is 0 Å². The third-order valence-electron chi connectivity index (χ3n) is 0.247. The van der Waals surface area contributed by atoms with Crippen molar-refractivity contribution < 1.29 is 35.0 Å². The average Bonchev–Trinajstić information content (AvgIpc) is 1.88. The van der Waals surface area contributed by atoms with Crippen LogP contribution in [0.25, 0.3) is 0 Å². The van der Waals surface area contributed by atoms with E-state index in [1.165, 1.54) is 0 Å². The third kappa shape index (κ3) is 41.7. The minimum Gasteiger partial charge on any atom is -0.402 e. The van der Waals surface area contributed by atoms with Crippen LogP contribution in [0.5, 0.6) is 0 Å². The van der Waals surface area contributed by atoms with Gasteiger partial charge in [-0.15, -0.1) is 0 Å². The van der Waals surface area contributed by atoms with Gasteiger partial charge in [0, 0.05) is 0 Å². The second kappa shape index (κ2) is 12.4. The first kappa shape index (κ1) is 13.3. The second-order valence-corrected chi connectivity index (χ2v) is 0.977. The van der Waals surface area contributed by atoms with Crippen LogP contribution in [0.2, 0.25) is 0 Å². The van der Waals surface area contributed by atoms with E-state index in [0.717, 1.165) is 0 Å². The number of hydrogen-bond acceptors (Lipinski definition) is 8. The van der Waals surface area contributed by atoms with E-state index in [9.17, 15) is 0 Å². The lowest BCUT2D eigenvalue weighted by Gasteiger charge is -1.97. The first-order valence-corrected chi connectivity index (χ1v) is 2.39. The molecule has 11 heavy (non-hydrogen) atoms. The molecule has 0 unspecified atom stereocenters. The summed E-state index contributed by atoms with van der Waals surface area (Å²) in [5, 5.41) is 37.2. The highest BCUT2D eigenvalue weighted by Gasteiger charge is 1.92. The lowest BCUT2D eigenvalue weighted by molar-refractivity contribution is -0.234. The highest BCUT2D eigenvalue weighted by atomic mass is 16.9. The molecular weight excluding hydrogens is 161 g/mol. The maximum absolute atomic E-state index is 7.85. The summed E-state index contributed by atoms with van der Waals surface area (Å²) in [6.07, 6.45) is 0. The van der Waals surface area contributed by atoms with E-state index in [-0.39, 0.29) is 0 Å². The van der Waals surface area contributed by atoms with E-state index in [2.05, 4.69) is 9.68 Å². The minimum atomic E-state index is -2.17. The van der Waals surface area contributed by atoms with Crippen molar-refractivity contribution in [3.63, 3.8) is 0 Å². The van der Waals surface area contributed by atoms with Crippen molar-refractivity contribution in [3.05, 3.63) is 0 Å². The van der Waals surface area contributed by atoms with Gasteiger partial charge in [-0.1, -0.05) is 5.64 Å². The van der Waals surface area contributed by atoms with Crippen molar-refractivity contribution in [2.24, 2.45) is 0 Å². The SMILES string of the molecule is OB(O)O.OCONOCO. The van der Waals surface area contributed by atoms with E-state index in [4.69, 9.17) is 25.3 Å². The van der Waals surface area contributed by atoms with E-state index < -0.39 is 20.9 Å². The molecule has 0 bridgehead atoms. The Morgan fingerprint density at radius 1 is 1.00 bits per heavy atom. The van der Waals surface area contributed by atoms with Crippen LogP contribution in [0.1, 0.15) is 0 Å². The van der Waals surface area contributed by atoms with Gasteiger partial charge in [0.05, 0.1) is 0 Å². The van der Waals surface area contributed by atoms with E-state index >= 15 is 0 Å². The quantitative estimate of drug-likeness (QED) is 0.110. The monoisotopic (exact) mass is 171 g/mol. The zero-order chi connectivity index (χ0) is 9.11. The van der Waals surface area contributed by atoms with Crippen molar-refractivity contribution in [3.8, 4) is 0 Å². The largest absolute Gasteiger partial charge is 0.631 e. The standard InChI is InChI=1S/C2H7NO4.BH3O3/c4-1-6-3-7-2-5;2-1(3)4/h3-5H,1-2H2;2-4H. The first-order valence-electron chi connectivity index (χ1n) is 2.39. The Hall–Kier alpha value is -0.255. The molecule has 0 aliphatic heterocycles. The van der Waals surface area contributed by atoms with Crippen LogP contribution in [-0.4, -0.2) is 46.2 Å². The fraction of sp³-hybridized carbons (Fsp3) is 1.00. The van der Waals surface area contributed by atoms with Gasteiger partial charge in [-0.05, 0) is 0 Å². The average molecular weight is 171 g/mol. The summed E-state index contributed by atoms with van der Waals surface area (Å²) in [6, 6.07) is 0. The molecule has 0 aromatic heterocycles. The van der Waals surface area contributed by atoms with Crippen LogP contribution >= 0.6 is 0 Å². The molecule has 0 radical (unpaired) electrons. The number of aliphatic hydroxyl groups excluding tert-OH is 2. The van der Waals surface area contributed by atoms with Crippen molar-refractivity contribution in [1.82, 2.24) is 5.64 Å². The molecule has 0 aromatic carbocycles. The van der Waals surface area contributed by atoms with Crippen LogP contribution in [0.15, 0.2) is 0 Å². The van der Waals surface area contributed by atoms with Gasteiger partial charge in [-0.3, -0.25) is 0 Å². The van der Waals surface area contributed by atoms with Gasteiger partial charge >= 0.3 is 7.32 Å². The molecule has 0 saturated carbocycles. The number of hydrogen-bond donors (Lipinski definition) is 6. The van der Waals surface area contributed by atoms with Crippen molar-refractivity contribution in [1.29, 1.82) is 0 Å². The predicted octanol–water partition coefficient (Wildman–Crippen LogP) is -3.71. The van der Waals surface area contributed by atoms with E-state index in [1.54, 1.807) is 5.64 Å². The third-order valence-corrected chi connectivity index (χ3v) is 0.247. The Labute approximate surface area is 62.7 Å². The molecule has 0 saturated heterocycles. The molecule has 0 aliphatic carbocycles. The zero-order valence-electron chi connectivity index (χ0n) is 5.54. The van der Waals surface area contributed by atoms with Gasteiger partial charge in [0.25, 0.3) is 0 Å². The Morgan fingerprint density at radius 2 is 1.27 bits per heavy atom. The smallest absolute Gasteiger partial charge is 0.402 e. The van der Waals surface area contributed by atoms with Crippen molar-refractivity contribution >= 4 is 7.32 Å². The van der Waals surface area contributed by atoms with Gasteiger partial charge < -0.3 is 25.3 Å². The molecule has 0 atom stereocenters. The molecule has 0 aromatic rings. The molecule has 8 nitrogen and oxygen atoms in total. The topological polar surface area (TPSA) is 132 Å². The zero-order valence-corrected chi connectivity index (χ0v) is 5.54. The number of nitrogens with one attached hydrogen (secondary N) is 1. The fourth-order valence-corrected chi connectivity index (χ4v) is 0.0944. The highest BCUT2D eigenvalue weighted by Crippen LogP contribution is 1.60. The summed E-state index contributed by atoms with van der Waals surface area (Å²) in [5.74, 6) is 0. The van der Waals surface area contributed by atoms with Gasteiger partial charge in [-0.2, -0.15) is 0 Å². The lowest BCUT2D eigenvalue weighted by atomic mass is 10.3. The minimum absolute atomic E-state index is 0.486. The predicted molar refractivity (Wildman–Crippen MR) is 31.9 cm³/mol. The summed E-state index contributed by atoms with van der Waals surface area (Å²) < 4.78 is 0. The number of rotatable bonds is 4. The summed E-state index contributed by atoms with van der Waals surface area (Å²) in [6.45, 7) is -0.972. The summed E-state index contributed by atoms with van der Waals surface area (Å²) >= 11 is 0. The first-order chi connectivity index (χ1) is 5.15. The van der Waals surface area contributed by atoms with Crippen LogP contribution < -0.4 is 5.64 Å². The molecule has 68 valence electrons. The number of aliphatic hydroxyl groups is 2. The van der Waals surface area contributed by atoms with Gasteiger partial charge in [0.15, 0.2) is 13.6 Å². The van der Waals surface area contributed by atoms with Crippen LogP contribution in [0.3, 0.4) is 0 Å². The molecular formula is C2H10BNO7. The Kier molecular flexibility index (Phi) is 15.1. The van der Waals surface area contributed by atoms with Crippen LogP contribution in [-0.2, 0) is 9.68 Å². The van der Waals surface area contributed by atoms with Gasteiger partial charge in [0.2, 0.25) is 0 Å². The Balaban J connectivity index is 0. The fourth-order valence-electron chi connectivity index (χ4n) is 0.0944. The molecule has 0 amide bonds. The Bertz CT molecular complexity index is 55.6. The molecule has 0 heterocycles. The van der Waals surface area contributed by atoms with E-state index in [0.29, 0.717) is 0 Å². The summed E-state index contributed by atoms with van der Waals surface area (Å²) in [7, 11) is -2.17. The molecule has 0 aliphatic rings. The summed E-state index contributed by atoms with van der Waals surface area (Å²) in [4.78, 5) is 7.99. The maximum atomic E-state index is 7.85. The van der Waals surface area contributed by atoms with E-state index in [1.807, 2.05) is 0 Å². The second-order valence-electron chi connectivity index (χ2n) is 0.977. The van der Waals surface area contributed by atoms with Gasteiger partial charge in [0.1, 0.15) is 0 Å². The highest BCUT2D eigenvalue weighted by molar-refractivity contribution is 6.30. The maximum Gasteiger partial charge on any atom is 0.631 e. The summed E-state index contributed by atoms with van der Waals surface area (Å²) in [5.41, 5.74) is 1.78. The van der Waals surface area contributed by atoms with Crippen molar-refractivity contribution in [2.75, 3.05) is 13.6 Å².